The third-order valence-corrected chi connectivity index (χ3v) is 4.38. The highest BCUT2D eigenvalue weighted by Crippen LogP contribution is 2.39. The molecular formula is C15H16ClNO. The second-order valence-electron chi connectivity index (χ2n) is 5.17. The molecule has 94 valence electrons. The van der Waals surface area contributed by atoms with Crippen molar-refractivity contribution in [2.24, 2.45) is 0 Å². The highest BCUT2D eigenvalue weighted by molar-refractivity contribution is 6.36. The topological polar surface area (TPSA) is 32.9 Å². The van der Waals surface area contributed by atoms with Gasteiger partial charge in [0.25, 0.3) is 0 Å². The van der Waals surface area contributed by atoms with Crippen LogP contribution in [0.3, 0.4) is 0 Å². The van der Waals surface area contributed by atoms with Gasteiger partial charge in [0.05, 0.1) is 10.5 Å². The van der Waals surface area contributed by atoms with E-state index in [1.165, 1.54) is 25.7 Å². The van der Waals surface area contributed by atoms with Gasteiger partial charge in [0, 0.05) is 16.6 Å². The summed E-state index contributed by atoms with van der Waals surface area (Å²) in [6, 6.07) is 3.87. The molecular weight excluding hydrogens is 246 g/mol. The van der Waals surface area contributed by atoms with E-state index < -0.39 is 0 Å². The van der Waals surface area contributed by atoms with Crippen molar-refractivity contribution < 1.29 is 4.79 Å². The van der Waals surface area contributed by atoms with Crippen LogP contribution < -0.4 is 0 Å². The van der Waals surface area contributed by atoms with Crippen LogP contribution in [0.1, 0.15) is 53.2 Å². The number of aryl methyl sites for hydroxylation is 1. The Kier molecular flexibility index (Phi) is 2.90. The Morgan fingerprint density at radius 3 is 2.72 bits per heavy atom. The fraction of sp³-hybridized carbons (Fsp3) is 0.400. The number of hydrogen-bond donors (Lipinski definition) is 1. The van der Waals surface area contributed by atoms with Crippen LogP contribution in [0, 0.1) is 6.92 Å². The number of hydrogen-bond acceptors (Lipinski definition) is 1. The van der Waals surface area contributed by atoms with Gasteiger partial charge in [0.15, 0.2) is 6.29 Å². The highest BCUT2D eigenvalue weighted by atomic mass is 35.5. The van der Waals surface area contributed by atoms with Gasteiger partial charge in [0.2, 0.25) is 0 Å². The molecule has 3 heteroatoms. The van der Waals surface area contributed by atoms with E-state index >= 15 is 0 Å². The normalized spacial score (nSPS) is 16.6. The molecule has 18 heavy (non-hydrogen) atoms. The summed E-state index contributed by atoms with van der Waals surface area (Å²) in [5.74, 6) is 0.494. The van der Waals surface area contributed by atoms with Gasteiger partial charge in [-0.25, -0.2) is 0 Å². The van der Waals surface area contributed by atoms with Gasteiger partial charge in [-0.3, -0.25) is 4.79 Å². The number of rotatable bonds is 2. The molecule has 1 N–H and O–H groups in total. The smallest absolute Gasteiger partial charge is 0.152 e. The number of aldehydes is 1. The molecule has 1 aliphatic rings. The lowest BCUT2D eigenvalue weighted by molar-refractivity contribution is 0.112. The lowest BCUT2D eigenvalue weighted by atomic mass is 9.99. The van der Waals surface area contributed by atoms with Crippen LogP contribution in [0.15, 0.2) is 12.1 Å². The summed E-state index contributed by atoms with van der Waals surface area (Å²) in [6.45, 7) is 2.04. The van der Waals surface area contributed by atoms with Crippen LogP contribution in [0.4, 0.5) is 0 Å². The fourth-order valence-electron chi connectivity index (χ4n) is 3.10. The molecule has 1 fully saturated rings. The lowest BCUT2D eigenvalue weighted by Crippen LogP contribution is -1.96. The SMILES string of the molecule is Cc1ccc(Cl)c2c(C=O)c(C3CCCC3)[nH]c12. The largest absolute Gasteiger partial charge is 0.357 e. The van der Waals surface area contributed by atoms with Crippen molar-refractivity contribution in [2.45, 2.75) is 38.5 Å². The Morgan fingerprint density at radius 2 is 2.06 bits per heavy atom. The van der Waals surface area contributed by atoms with Gasteiger partial charge in [-0.2, -0.15) is 0 Å². The van der Waals surface area contributed by atoms with Gasteiger partial charge in [0.1, 0.15) is 0 Å². The van der Waals surface area contributed by atoms with Gasteiger partial charge >= 0.3 is 0 Å². The molecule has 0 spiro atoms. The molecule has 0 bridgehead atoms. The minimum Gasteiger partial charge on any atom is -0.357 e. The zero-order valence-corrected chi connectivity index (χ0v) is 11.2. The number of carbonyl (C=O) groups excluding carboxylic acids is 1. The van der Waals surface area contributed by atoms with Crippen LogP contribution in [-0.2, 0) is 0 Å². The van der Waals surface area contributed by atoms with Crippen molar-refractivity contribution in [1.29, 1.82) is 0 Å². The standard InChI is InChI=1S/C15H16ClNO/c1-9-6-7-12(16)13-11(8-18)15(17-14(9)13)10-4-2-3-5-10/h6-8,10,17H,2-5H2,1H3. The fourth-order valence-corrected chi connectivity index (χ4v) is 3.36. The maximum absolute atomic E-state index is 11.4. The van der Waals surface area contributed by atoms with Crippen molar-refractivity contribution in [3.63, 3.8) is 0 Å². The number of aromatic amines is 1. The van der Waals surface area contributed by atoms with E-state index in [9.17, 15) is 4.79 Å². The molecule has 1 aliphatic carbocycles. The summed E-state index contributed by atoms with van der Waals surface area (Å²) >= 11 is 6.25. The Balaban J connectivity index is 2.29. The monoisotopic (exact) mass is 261 g/mol. The molecule has 0 amide bonds. The Bertz CT molecular complexity index is 608. The molecule has 2 aromatic rings. The molecule has 1 saturated carbocycles. The van der Waals surface area contributed by atoms with Crippen LogP contribution >= 0.6 is 11.6 Å². The number of nitrogens with one attached hydrogen (secondary N) is 1. The first kappa shape index (κ1) is 11.8. The average Bonchev–Trinajstić information content (AvgIpc) is 2.99. The van der Waals surface area contributed by atoms with E-state index in [4.69, 9.17) is 11.6 Å². The van der Waals surface area contributed by atoms with Crippen molar-refractivity contribution in [3.05, 3.63) is 34.0 Å². The quantitative estimate of drug-likeness (QED) is 0.788. The molecule has 1 aromatic carbocycles. The number of aromatic nitrogens is 1. The maximum atomic E-state index is 11.4. The van der Waals surface area contributed by atoms with Crippen LogP contribution in [-0.4, -0.2) is 11.3 Å². The predicted octanol–water partition coefficient (Wildman–Crippen LogP) is 4.60. The zero-order valence-electron chi connectivity index (χ0n) is 10.4. The number of halogens is 1. The predicted molar refractivity (Wildman–Crippen MR) is 74.6 cm³/mol. The summed E-state index contributed by atoms with van der Waals surface area (Å²) in [6.07, 6.45) is 5.81. The first-order chi connectivity index (χ1) is 8.72. The number of fused-ring (bicyclic) bond motifs is 1. The molecule has 0 aliphatic heterocycles. The molecule has 1 aromatic heterocycles. The first-order valence-corrected chi connectivity index (χ1v) is 6.86. The molecule has 0 radical (unpaired) electrons. The van der Waals surface area contributed by atoms with Crippen molar-refractivity contribution in [1.82, 2.24) is 4.98 Å². The summed E-state index contributed by atoms with van der Waals surface area (Å²) in [7, 11) is 0. The van der Waals surface area contributed by atoms with Crippen LogP contribution in [0.25, 0.3) is 10.9 Å². The molecule has 1 heterocycles. The summed E-state index contributed by atoms with van der Waals surface area (Å²) in [5.41, 5.74) is 4.02. The minimum absolute atomic E-state index is 0.494. The Hall–Kier alpha value is -1.28. The molecule has 2 nitrogen and oxygen atoms in total. The Labute approximate surface area is 111 Å². The first-order valence-electron chi connectivity index (χ1n) is 6.48. The van der Waals surface area contributed by atoms with Crippen LogP contribution in [0.5, 0.6) is 0 Å². The van der Waals surface area contributed by atoms with E-state index in [2.05, 4.69) is 4.98 Å². The van der Waals surface area contributed by atoms with Gasteiger partial charge < -0.3 is 4.98 Å². The molecule has 3 rings (SSSR count). The number of benzene rings is 1. The van der Waals surface area contributed by atoms with Gasteiger partial charge in [-0.05, 0) is 37.3 Å². The average molecular weight is 262 g/mol. The third kappa shape index (κ3) is 1.67. The summed E-state index contributed by atoms with van der Waals surface area (Å²) < 4.78 is 0. The zero-order chi connectivity index (χ0) is 12.7. The van der Waals surface area contributed by atoms with Crippen molar-refractivity contribution in [2.75, 3.05) is 0 Å². The van der Waals surface area contributed by atoms with E-state index in [1.807, 2.05) is 19.1 Å². The number of H-pyrrole nitrogens is 1. The lowest BCUT2D eigenvalue weighted by Gasteiger charge is -2.07. The van der Waals surface area contributed by atoms with Gasteiger partial charge in [-0.15, -0.1) is 0 Å². The minimum atomic E-state index is 0.494. The van der Waals surface area contributed by atoms with Crippen LogP contribution in [0.2, 0.25) is 5.02 Å². The van der Waals surface area contributed by atoms with Gasteiger partial charge in [-0.1, -0.05) is 30.5 Å². The third-order valence-electron chi connectivity index (χ3n) is 4.06. The number of carbonyl (C=O) groups is 1. The summed E-state index contributed by atoms with van der Waals surface area (Å²) in [5, 5.41) is 1.56. The second kappa shape index (κ2) is 4.43. The van der Waals surface area contributed by atoms with E-state index in [0.29, 0.717) is 10.9 Å². The molecule has 0 saturated heterocycles. The van der Waals surface area contributed by atoms with Crippen molar-refractivity contribution >= 4 is 28.8 Å². The second-order valence-corrected chi connectivity index (χ2v) is 5.57. The maximum Gasteiger partial charge on any atom is 0.152 e. The molecule has 0 atom stereocenters. The van der Waals surface area contributed by atoms with E-state index in [-0.39, 0.29) is 0 Å². The molecule has 0 unspecified atom stereocenters. The van der Waals surface area contributed by atoms with E-state index in [0.717, 1.165) is 34.0 Å². The van der Waals surface area contributed by atoms with Crippen molar-refractivity contribution in [3.8, 4) is 0 Å². The van der Waals surface area contributed by atoms with E-state index in [1.54, 1.807) is 0 Å². The summed E-state index contributed by atoms with van der Waals surface area (Å²) in [4.78, 5) is 14.9. The Morgan fingerprint density at radius 1 is 1.33 bits per heavy atom. The highest BCUT2D eigenvalue weighted by Gasteiger charge is 2.24.